The second-order valence-electron chi connectivity index (χ2n) is 8.71. The number of halogens is 1. The first-order chi connectivity index (χ1) is 17.2. The molecule has 1 N–H and O–H groups in total. The molecule has 36 heavy (non-hydrogen) atoms. The minimum absolute atomic E-state index is 0.0971. The fraction of sp³-hybridized carbons (Fsp3) is 0.240. The number of hydrogen-bond acceptors (Lipinski definition) is 5. The van der Waals surface area contributed by atoms with E-state index in [0.717, 1.165) is 23.6 Å². The van der Waals surface area contributed by atoms with Gasteiger partial charge in [0.15, 0.2) is 0 Å². The van der Waals surface area contributed by atoms with Gasteiger partial charge in [0.25, 0.3) is 10.0 Å². The Morgan fingerprint density at radius 2 is 1.61 bits per heavy atom. The van der Waals surface area contributed by atoms with Gasteiger partial charge in [-0.25, -0.2) is 16.8 Å². The number of benzene rings is 3. The molecular formula is C25H24ClN3O5S2. The van der Waals surface area contributed by atoms with E-state index in [4.69, 9.17) is 11.6 Å². The van der Waals surface area contributed by atoms with Crippen LogP contribution in [0.2, 0.25) is 5.02 Å². The van der Waals surface area contributed by atoms with Crippen molar-refractivity contribution in [2.24, 2.45) is 0 Å². The number of rotatable bonds is 5. The molecule has 0 atom stereocenters. The van der Waals surface area contributed by atoms with Gasteiger partial charge < -0.3 is 5.32 Å². The third-order valence-electron chi connectivity index (χ3n) is 6.35. The molecule has 0 aliphatic carbocycles. The zero-order valence-corrected chi connectivity index (χ0v) is 21.6. The number of carbonyl (C=O) groups excluding carboxylic acids is 1. The molecule has 0 bridgehead atoms. The third-order valence-corrected chi connectivity index (χ3v) is 10.3. The summed E-state index contributed by atoms with van der Waals surface area (Å²) in [4.78, 5) is 13.2. The molecule has 3 aromatic rings. The molecule has 188 valence electrons. The first kappa shape index (κ1) is 24.8. The predicted octanol–water partition coefficient (Wildman–Crippen LogP) is 4.33. The summed E-state index contributed by atoms with van der Waals surface area (Å²) < 4.78 is 55.0. The molecule has 3 aromatic carbocycles. The molecule has 2 aliphatic rings. The van der Waals surface area contributed by atoms with E-state index in [1.165, 1.54) is 34.6 Å². The van der Waals surface area contributed by atoms with Crippen LogP contribution in [-0.2, 0) is 24.8 Å². The Kier molecular flexibility index (Phi) is 6.54. The zero-order valence-electron chi connectivity index (χ0n) is 19.2. The SMILES string of the molecule is O=C(CN1c2ccc(Cl)cc2-c2ccccc2S1(=O)=O)Nc1ccc(S(=O)(=O)N2CCCCC2)cc1. The van der Waals surface area contributed by atoms with Gasteiger partial charge in [-0.3, -0.25) is 9.10 Å². The van der Waals surface area contributed by atoms with Crippen LogP contribution in [-0.4, -0.2) is 46.7 Å². The quantitative estimate of drug-likeness (QED) is 0.514. The number of amides is 1. The molecule has 0 radical (unpaired) electrons. The summed E-state index contributed by atoms with van der Waals surface area (Å²) in [6.07, 6.45) is 2.70. The molecule has 2 aliphatic heterocycles. The van der Waals surface area contributed by atoms with E-state index in [1.54, 1.807) is 36.4 Å². The molecule has 0 spiro atoms. The summed E-state index contributed by atoms with van der Waals surface area (Å²) in [5.74, 6) is -0.564. The summed E-state index contributed by atoms with van der Waals surface area (Å²) in [6, 6.07) is 17.3. The average molecular weight is 546 g/mol. The van der Waals surface area contributed by atoms with Crippen molar-refractivity contribution in [1.82, 2.24) is 4.31 Å². The van der Waals surface area contributed by atoms with Gasteiger partial charge in [0, 0.05) is 34.9 Å². The maximum atomic E-state index is 13.4. The van der Waals surface area contributed by atoms with Crippen LogP contribution in [0.1, 0.15) is 19.3 Å². The van der Waals surface area contributed by atoms with Crippen molar-refractivity contribution >= 4 is 48.9 Å². The monoisotopic (exact) mass is 545 g/mol. The van der Waals surface area contributed by atoms with Crippen LogP contribution in [0.25, 0.3) is 11.1 Å². The van der Waals surface area contributed by atoms with Gasteiger partial charge >= 0.3 is 0 Å². The lowest BCUT2D eigenvalue weighted by Gasteiger charge is -2.31. The Bertz CT molecular complexity index is 1530. The Labute approximate surface area is 215 Å². The van der Waals surface area contributed by atoms with Crippen molar-refractivity contribution in [3.8, 4) is 11.1 Å². The highest BCUT2D eigenvalue weighted by molar-refractivity contribution is 7.93. The van der Waals surface area contributed by atoms with Crippen LogP contribution in [0.4, 0.5) is 11.4 Å². The zero-order chi connectivity index (χ0) is 25.5. The lowest BCUT2D eigenvalue weighted by atomic mass is 10.0. The van der Waals surface area contributed by atoms with Gasteiger partial charge in [-0.2, -0.15) is 4.31 Å². The van der Waals surface area contributed by atoms with Crippen molar-refractivity contribution in [3.63, 3.8) is 0 Å². The van der Waals surface area contributed by atoms with Crippen LogP contribution in [0.15, 0.2) is 76.5 Å². The van der Waals surface area contributed by atoms with Crippen molar-refractivity contribution < 1.29 is 21.6 Å². The number of sulfonamides is 2. The molecular weight excluding hydrogens is 522 g/mol. The minimum Gasteiger partial charge on any atom is -0.325 e. The number of hydrogen-bond donors (Lipinski definition) is 1. The highest BCUT2D eigenvalue weighted by Gasteiger charge is 2.36. The van der Waals surface area contributed by atoms with E-state index in [1.807, 2.05) is 0 Å². The highest BCUT2D eigenvalue weighted by atomic mass is 35.5. The van der Waals surface area contributed by atoms with Crippen molar-refractivity contribution in [1.29, 1.82) is 0 Å². The van der Waals surface area contributed by atoms with Gasteiger partial charge in [-0.15, -0.1) is 0 Å². The maximum Gasteiger partial charge on any atom is 0.265 e. The molecule has 5 rings (SSSR count). The predicted molar refractivity (Wildman–Crippen MR) is 139 cm³/mol. The van der Waals surface area contributed by atoms with Crippen molar-refractivity contribution in [2.45, 2.75) is 29.1 Å². The van der Waals surface area contributed by atoms with E-state index in [9.17, 15) is 21.6 Å². The molecule has 1 amide bonds. The summed E-state index contributed by atoms with van der Waals surface area (Å²) >= 11 is 6.18. The van der Waals surface area contributed by atoms with Crippen LogP contribution < -0.4 is 9.62 Å². The normalized spacial score (nSPS) is 17.2. The molecule has 2 heterocycles. The van der Waals surface area contributed by atoms with Crippen LogP contribution in [0.3, 0.4) is 0 Å². The van der Waals surface area contributed by atoms with Crippen LogP contribution >= 0.6 is 11.6 Å². The molecule has 0 aromatic heterocycles. The summed E-state index contributed by atoms with van der Waals surface area (Å²) in [5.41, 5.74) is 1.87. The van der Waals surface area contributed by atoms with Gasteiger partial charge in [-0.1, -0.05) is 36.2 Å². The molecule has 1 saturated heterocycles. The topological polar surface area (TPSA) is 104 Å². The Hall–Kier alpha value is -2.92. The number of anilines is 2. The number of piperidine rings is 1. The standard InChI is InChI=1S/C25H24ClN3O5S2/c26-18-8-13-23-22(16-18)21-6-2-3-7-24(21)36(33,34)29(23)17-25(30)27-19-9-11-20(12-10-19)35(31,32)28-14-4-1-5-15-28/h2-3,6-13,16H,1,4-5,14-15,17H2,(H,27,30). The lowest BCUT2D eigenvalue weighted by Crippen LogP contribution is -2.40. The van der Waals surface area contributed by atoms with E-state index in [-0.39, 0.29) is 9.79 Å². The van der Waals surface area contributed by atoms with E-state index >= 15 is 0 Å². The fourth-order valence-corrected chi connectivity index (χ4v) is 7.91. The second kappa shape index (κ2) is 9.51. The number of nitrogens with zero attached hydrogens (tertiary/aromatic N) is 2. The van der Waals surface area contributed by atoms with Gasteiger partial charge in [-0.05, 0) is 61.4 Å². The van der Waals surface area contributed by atoms with Crippen LogP contribution in [0, 0.1) is 0 Å². The molecule has 1 fully saturated rings. The largest absolute Gasteiger partial charge is 0.325 e. The first-order valence-corrected chi connectivity index (χ1v) is 14.8. The summed E-state index contributed by atoms with van der Waals surface area (Å²) in [7, 11) is -7.58. The Balaban J connectivity index is 1.37. The summed E-state index contributed by atoms with van der Waals surface area (Å²) in [5, 5.41) is 3.12. The second-order valence-corrected chi connectivity index (χ2v) is 12.9. The third kappa shape index (κ3) is 4.50. The van der Waals surface area contributed by atoms with Crippen LogP contribution in [0.5, 0.6) is 0 Å². The summed E-state index contributed by atoms with van der Waals surface area (Å²) in [6.45, 7) is 0.543. The van der Waals surface area contributed by atoms with Gasteiger partial charge in [0.2, 0.25) is 15.9 Å². The number of carbonyl (C=O) groups is 1. The minimum atomic E-state index is -3.99. The highest BCUT2D eigenvalue weighted by Crippen LogP contribution is 2.43. The van der Waals surface area contributed by atoms with Gasteiger partial charge in [0.05, 0.1) is 15.5 Å². The maximum absolute atomic E-state index is 13.4. The van der Waals surface area contributed by atoms with E-state index < -0.39 is 32.5 Å². The fourth-order valence-electron chi connectivity index (χ4n) is 4.57. The van der Waals surface area contributed by atoms with Crippen molar-refractivity contribution in [2.75, 3.05) is 29.3 Å². The molecule has 11 heteroatoms. The average Bonchev–Trinajstić information content (AvgIpc) is 2.88. The number of nitrogens with one attached hydrogen (secondary N) is 1. The molecule has 0 saturated carbocycles. The molecule has 8 nitrogen and oxygen atoms in total. The Morgan fingerprint density at radius 1 is 0.917 bits per heavy atom. The van der Waals surface area contributed by atoms with Gasteiger partial charge in [0.1, 0.15) is 6.54 Å². The lowest BCUT2D eigenvalue weighted by molar-refractivity contribution is -0.114. The first-order valence-electron chi connectivity index (χ1n) is 11.5. The smallest absolute Gasteiger partial charge is 0.265 e. The van der Waals surface area contributed by atoms with Crippen molar-refractivity contribution in [3.05, 3.63) is 71.8 Å². The molecule has 0 unspecified atom stereocenters. The number of fused-ring (bicyclic) bond motifs is 3. The van der Waals surface area contributed by atoms with E-state index in [2.05, 4.69) is 5.32 Å². The Morgan fingerprint density at radius 3 is 2.33 bits per heavy atom. The van der Waals surface area contributed by atoms with E-state index in [0.29, 0.717) is 40.6 Å².